The van der Waals surface area contributed by atoms with Crippen LogP contribution in [0.1, 0.15) is 48.7 Å². The van der Waals surface area contributed by atoms with Gasteiger partial charge in [-0.3, -0.25) is 14.2 Å². The van der Waals surface area contributed by atoms with Crippen LogP contribution in [0, 0.1) is 0 Å². The number of halogens is 5. The number of anilines is 1. The molecule has 164 valence electrons. The lowest BCUT2D eigenvalue weighted by Gasteiger charge is -2.15. The summed E-state index contributed by atoms with van der Waals surface area (Å²) in [5, 5.41) is 10.8. The van der Waals surface area contributed by atoms with Gasteiger partial charge in [-0.05, 0) is 37.5 Å². The molecule has 31 heavy (non-hydrogen) atoms. The molecule has 0 bridgehead atoms. The first-order chi connectivity index (χ1) is 14.6. The predicted molar refractivity (Wildman–Crippen MR) is 110 cm³/mol. The van der Waals surface area contributed by atoms with Crippen LogP contribution in [0.2, 0.25) is 10.0 Å². The van der Waals surface area contributed by atoms with Gasteiger partial charge in [-0.1, -0.05) is 35.3 Å². The number of carbonyl (C=O) groups excluding carboxylic acids is 1. The van der Waals surface area contributed by atoms with Crippen LogP contribution >= 0.6 is 23.2 Å². The fourth-order valence-corrected chi connectivity index (χ4v) is 3.77. The molecule has 1 aliphatic rings. The van der Waals surface area contributed by atoms with Crippen molar-refractivity contribution in [3.05, 3.63) is 63.5 Å². The molecule has 1 aromatic carbocycles. The number of alkyl halides is 3. The zero-order valence-electron chi connectivity index (χ0n) is 16.3. The van der Waals surface area contributed by atoms with Gasteiger partial charge in [0.05, 0.1) is 17.3 Å². The number of rotatable bonds is 6. The molecule has 11 heteroatoms. The second kappa shape index (κ2) is 8.20. The van der Waals surface area contributed by atoms with Crippen LogP contribution in [0.5, 0.6) is 0 Å². The molecule has 0 spiro atoms. The molecule has 1 amide bonds. The number of hydrogen-bond donors (Lipinski definition) is 1. The van der Waals surface area contributed by atoms with Crippen LogP contribution < -0.4 is 5.32 Å². The quantitative estimate of drug-likeness (QED) is 0.513. The number of amides is 1. The fraction of sp³-hybridized carbons (Fsp3) is 0.350. The van der Waals surface area contributed by atoms with Gasteiger partial charge in [0.2, 0.25) is 5.91 Å². The molecule has 1 fully saturated rings. The van der Waals surface area contributed by atoms with Gasteiger partial charge in [-0.25, -0.2) is 0 Å². The standard InChI is InChI=1S/C20H18Cl2F3N5O/c1-11(30-17(13-4-5-13)16(22)18(28-30)20(23,24)25)19(31)26-15-8-9-29(27-15)10-12-2-6-14(21)7-3-12/h2-3,6-9,11,13H,4-5,10H2,1H3,(H,26,27,31). The maximum Gasteiger partial charge on any atom is 0.436 e. The Morgan fingerprint density at radius 3 is 2.48 bits per heavy atom. The molecule has 2 aromatic heterocycles. The van der Waals surface area contributed by atoms with Gasteiger partial charge in [0, 0.05) is 23.2 Å². The molecule has 1 N–H and O–H groups in total. The molecule has 2 heterocycles. The van der Waals surface area contributed by atoms with Gasteiger partial charge in [0.1, 0.15) is 6.04 Å². The van der Waals surface area contributed by atoms with Crippen LogP contribution in [0.25, 0.3) is 0 Å². The topological polar surface area (TPSA) is 64.7 Å². The Morgan fingerprint density at radius 2 is 1.87 bits per heavy atom. The maximum atomic E-state index is 13.3. The van der Waals surface area contributed by atoms with Crippen LogP contribution in [-0.4, -0.2) is 25.5 Å². The molecule has 1 aliphatic carbocycles. The van der Waals surface area contributed by atoms with E-state index in [1.54, 1.807) is 29.1 Å². The van der Waals surface area contributed by atoms with E-state index in [0.717, 1.165) is 10.2 Å². The highest BCUT2D eigenvalue weighted by Crippen LogP contribution is 2.47. The van der Waals surface area contributed by atoms with Gasteiger partial charge in [-0.15, -0.1) is 0 Å². The highest BCUT2D eigenvalue weighted by Gasteiger charge is 2.43. The van der Waals surface area contributed by atoms with Crippen molar-refractivity contribution in [1.82, 2.24) is 19.6 Å². The lowest BCUT2D eigenvalue weighted by molar-refractivity contribution is -0.141. The second-order valence-electron chi connectivity index (χ2n) is 7.45. The Kier molecular flexibility index (Phi) is 5.74. The first-order valence-electron chi connectivity index (χ1n) is 9.57. The molecule has 6 nitrogen and oxygen atoms in total. The third kappa shape index (κ3) is 4.72. The molecule has 0 aliphatic heterocycles. The minimum Gasteiger partial charge on any atom is -0.307 e. The molecule has 0 saturated heterocycles. The summed E-state index contributed by atoms with van der Waals surface area (Å²) in [5.41, 5.74) is 0.0616. The van der Waals surface area contributed by atoms with E-state index in [4.69, 9.17) is 23.2 Å². The van der Waals surface area contributed by atoms with E-state index >= 15 is 0 Å². The summed E-state index contributed by atoms with van der Waals surface area (Å²) < 4.78 is 42.5. The summed E-state index contributed by atoms with van der Waals surface area (Å²) in [7, 11) is 0. The summed E-state index contributed by atoms with van der Waals surface area (Å²) in [6.45, 7) is 1.95. The number of aromatic nitrogens is 4. The minimum atomic E-state index is -4.69. The molecule has 0 radical (unpaired) electrons. The monoisotopic (exact) mass is 471 g/mol. The van der Waals surface area contributed by atoms with Crippen LogP contribution in [0.15, 0.2) is 36.5 Å². The summed E-state index contributed by atoms with van der Waals surface area (Å²) in [6.07, 6.45) is -1.57. The zero-order chi connectivity index (χ0) is 22.3. The minimum absolute atomic E-state index is 0.120. The Hall–Kier alpha value is -2.52. The van der Waals surface area contributed by atoms with Crippen molar-refractivity contribution < 1.29 is 18.0 Å². The molecular formula is C20H18Cl2F3N5O. The average molecular weight is 472 g/mol. The largest absolute Gasteiger partial charge is 0.436 e. The number of hydrogen-bond acceptors (Lipinski definition) is 3. The van der Waals surface area contributed by atoms with Gasteiger partial charge < -0.3 is 5.32 Å². The van der Waals surface area contributed by atoms with E-state index in [-0.39, 0.29) is 17.4 Å². The number of carbonyl (C=O) groups is 1. The van der Waals surface area contributed by atoms with Crippen LogP contribution in [0.3, 0.4) is 0 Å². The van der Waals surface area contributed by atoms with Crippen molar-refractivity contribution in [2.24, 2.45) is 0 Å². The van der Waals surface area contributed by atoms with Crippen molar-refractivity contribution in [2.45, 2.75) is 44.4 Å². The summed E-state index contributed by atoms with van der Waals surface area (Å²) in [4.78, 5) is 12.7. The van der Waals surface area contributed by atoms with E-state index in [2.05, 4.69) is 15.5 Å². The molecule has 3 aromatic rings. The SMILES string of the molecule is CC(C(=O)Nc1ccn(Cc2ccc(Cl)cc2)n1)n1nc(C(F)(F)F)c(Cl)c1C1CC1. The van der Waals surface area contributed by atoms with E-state index in [1.807, 2.05) is 12.1 Å². The number of benzene rings is 1. The van der Waals surface area contributed by atoms with Crippen LogP contribution in [0.4, 0.5) is 19.0 Å². The van der Waals surface area contributed by atoms with Crippen molar-refractivity contribution in [3.63, 3.8) is 0 Å². The molecule has 4 rings (SSSR count). The van der Waals surface area contributed by atoms with E-state index in [0.29, 0.717) is 24.4 Å². The molecule has 1 unspecified atom stereocenters. The lowest BCUT2D eigenvalue weighted by Crippen LogP contribution is -2.26. The predicted octanol–water partition coefficient (Wildman–Crippen LogP) is 5.53. The Bertz CT molecular complexity index is 1100. The van der Waals surface area contributed by atoms with E-state index in [9.17, 15) is 18.0 Å². The molecule has 1 atom stereocenters. The lowest BCUT2D eigenvalue weighted by atomic mass is 10.2. The van der Waals surface area contributed by atoms with Crippen molar-refractivity contribution >= 4 is 34.9 Å². The van der Waals surface area contributed by atoms with Gasteiger partial charge in [0.25, 0.3) is 0 Å². The summed E-state index contributed by atoms with van der Waals surface area (Å²) >= 11 is 11.9. The summed E-state index contributed by atoms with van der Waals surface area (Å²) in [6, 6.07) is 7.89. The van der Waals surface area contributed by atoms with E-state index < -0.39 is 28.8 Å². The van der Waals surface area contributed by atoms with Crippen molar-refractivity contribution in [1.29, 1.82) is 0 Å². The second-order valence-corrected chi connectivity index (χ2v) is 8.27. The first-order valence-corrected chi connectivity index (χ1v) is 10.3. The molecule has 1 saturated carbocycles. The average Bonchev–Trinajstić information content (AvgIpc) is 3.34. The third-order valence-electron chi connectivity index (χ3n) is 5.02. The smallest absolute Gasteiger partial charge is 0.307 e. The number of nitrogens with zero attached hydrogens (tertiary/aromatic N) is 4. The van der Waals surface area contributed by atoms with Gasteiger partial charge >= 0.3 is 6.18 Å². The maximum absolute atomic E-state index is 13.3. The highest BCUT2D eigenvalue weighted by atomic mass is 35.5. The Balaban J connectivity index is 1.49. The van der Waals surface area contributed by atoms with Crippen LogP contribution in [-0.2, 0) is 17.5 Å². The Morgan fingerprint density at radius 1 is 1.19 bits per heavy atom. The zero-order valence-corrected chi connectivity index (χ0v) is 17.8. The fourth-order valence-electron chi connectivity index (χ4n) is 3.26. The van der Waals surface area contributed by atoms with Crippen molar-refractivity contribution in [3.8, 4) is 0 Å². The highest BCUT2D eigenvalue weighted by molar-refractivity contribution is 6.32. The normalized spacial score (nSPS) is 15.2. The van der Waals surface area contributed by atoms with Crippen molar-refractivity contribution in [2.75, 3.05) is 5.32 Å². The molecular weight excluding hydrogens is 454 g/mol. The third-order valence-corrected chi connectivity index (χ3v) is 5.64. The van der Waals surface area contributed by atoms with Gasteiger partial charge in [0.15, 0.2) is 11.5 Å². The van der Waals surface area contributed by atoms with E-state index in [1.165, 1.54) is 6.92 Å². The van der Waals surface area contributed by atoms with Gasteiger partial charge in [-0.2, -0.15) is 23.4 Å². The number of nitrogens with one attached hydrogen (secondary N) is 1. The Labute approximate surface area is 185 Å². The summed E-state index contributed by atoms with van der Waals surface area (Å²) in [5.74, 6) is -0.371. The first kappa shape index (κ1) is 21.7.